The van der Waals surface area contributed by atoms with Crippen LogP contribution in [0, 0.1) is 10.1 Å². The predicted molar refractivity (Wildman–Crippen MR) is 111 cm³/mol. The second-order valence-electron chi connectivity index (χ2n) is 6.40. The minimum atomic E-state index is -0.376. The smallest absolute Gasteiger partial charge is 0.301 e. The molecule has 0 aliphatic carbocycles. The van der Waals surface area contributed by atoms with E-state index in [4.69, 9.17) is 4.74 Å². The summed E-state index contributed by atoms with van der Waals surface area (Å²) in [6.45, 7) is 0.800. The third-order valence-electron chi connectivity index (χ3n) is 4.43. The van der Waals surface area contributed by atoms with Crippen LogP contribution in [0.3, 0.4) is 0 Å². The maximum atomic E-state index is 11.6. The Bertz CT molecular complexity index is 1150. The third kappa shape index (κ3) is 4.30. The maximum absolute atomic E-state index is 11.6. The van der Waals surface area contributed by atoms with Gasteiger partial charge in [-0.25, -0.2) is 0 Å². The molecule has 0 bridgehead atoms. The van der Waals surface area contributed by atoms with Crippen LogP contribution in [0.5, 0.6) is 5.75 Å². The van der Waals surface area contributed by atoms with Crippen molar-refractivity contribution in [2.24, 2.45) is 0 Å². The number of nitro groups is 1. The quantitative estimate of drug-likeness (QED) is 0.365. The van der Waals surface area contributed by atoms with Crippen LogP contribution in [0.1, 0.15) is 11.3 Å². The Morgan fingerprint density at radius 1 is 0.966 bits per heavy atom. The molecule has 0 aliphatic heterocycles. The highest BCUT2D eigenvalue weighted by molar-refractivity contribution is 5.94. The molecule has 0 aliphatic rings. The lowest BCUT2D eigenvalue weighted by atomic mass is 10.1. The number of hydrogen-bond donors (Lipinski definition) is 1. The zero-order valence-electron chi connectivity index (χ0n) is 15.5. The van der Waals surface area contributed by atoms with Crippen molar-refractivity contribution >= 4 is 22.3 Å². The van der Waals surface area contributed by atoms with E-state index < -0.39 is 0 Å². The van der Waals surface area contributed by atoms with E-state index in [0.29, 0.717) is 35.5 Å². The van der Waals surface area contributed by atoms with E-state index >= 15 is 0 Å². The number of rotatable bonds is 7. The molecule has 0 saturated carbocycles. The van der Waals surface area contributed by atoms with E-state index in [1.165, 1.54) is 0 Å². The van der Waals surface area contributed by atoms with E-state index in [1.54, 1.807) is 36.7 Å². The molecule has 7 nitrogen and oxygen atoms in total. The van der Waals surface area contributed by atoms with Gasteiger partial charge in [0.05, 0.1) is 21.5 Å². The summed E-state index contributed by atoms with van der Waals surface area (Å²) in [7, 11) is 0. The second-order valence-corrected chi connectivity index (χ2v) is 6.40. The number of nitro benzene ring substituents is 1. The summed E-state index contributed by atoms with van der Waals surface area (Å²) in [6, 6.07) is 20.2. The van der Waals surface area contributed by atoms with Gasteiger partial charge in [0.25, 0.3) is 0 Å². The van der Waals surface area contributed by atoms with E-state index in [1.807, 2.05) is 42.5 Å². The first-order valence-electron chi connectivity index (χ1n) is 9.08. The van der Waals surface area contributed by atoms with E-state index in [-0.39, 0.29) is 10.6 Å². The fourth-order valence-electron chi connectivity index (χ4n) is 3.06. The van der Waals surface area contributed by atoms with E-state index in [0.717, 1.165) is 11.3 Å². The lowest BCUT2D eigenvalue weighted by molar-refractivity contribution is -0.382. The SMILES string of the molecule is O=[N+]([O-])c1c(NCc2cccc(OCc3ccccn3)c2)ccc2ncccc12. The first kappa shape index (κ1) is 18.4. The monoisotopic (exact) mass is 386 g/mol. The van der Waals surface area contributed by atoms with Crippen LogP contribution in [0.2, 0.25) is 0 Å². The molecular weight excluding hydrogens is 368 g/mol. The molecule has 7 heteroatoms. The molecule has 1 N–H and O–H groups in total. The van der Waals surface area contributed by atoms with Crippen LogP contribution in [0.25, 0.3) is 10.9 Å². The van der Waals surface area contributed by atoms with Crippen LogP contribution >= 0.6 is 0 Å². The highest BCUT2D eigenvalue weighted by atomic mass is 16.6. The number of nitrogens with one attached hydrogen (secondary N) is 1. The van der Waals surface area contributed by atoms with Crippen molar-refractivity contribution < 1.29 is 9.66 Å². The first-order valence-corrected chi connectivity index (χ1v) is 9.08. The molecule has 4 rings (SSSR count). The highest BCUT2D eigenvalue weighted by Crippen LogP contribution is 2.32. The van der Waals surface area contributed by atoms with Crippen molar-refractivity contribution in [1.82, 2.24) is 9.97 Å². The molecule has 2 aromatic heterocycles. The van der Waals surface area contributed by atoms with Gasteiger partial charge in [0, 0.05) is 18.9 Å². The normalized spacial score (nSPS) is 10.6. The largest absolute Gasteiger partial charge is 0.487 e. The lowest BCUT2D eigenvalue weighted by Gasteiger charge is -2.11. The molecule has 0 unspecified atom stereocenters. The number of pyridine rings is 2. The van der Waals surface area contributed by atoms with Gasteiger partial charge in [-0.15, -0.1) is 0 Å². The third-order valence-corrected chi connectivity index (χ3v) is 4.43. The molecule has 0 fully saturated rings. The Labute approximate surface area is 167 Å². The number of hydrogen-bond acceptors (Lipinski definition) is 6. The zero-order valence-corrected chi connectivity index (χ0v) is 15.5. The average molecular weight is 386 g/mol. The van der Waals surface area contributed by atoms with Crippen molar-refractivity contribution in [1.29, 1.82) is 0 Å². The van der Waals surface area contributed by atoms with Gasteiger partial charge in [-0.2, -0.15) is 0 Å². The molecule has 0 spiro atoms. The first-order chi connectivity index (χ1) is 14.2. The Balaban J connectivity index is 1.49. The summed E-state index contributed by atoms with van der Waals surface area (Å²) in [5.74, 6) is 0.715. The molecule has 0 atom stereocenters. The molecule has 2 aromatic carbocycles. The summed E-state index contributed by atoms with van der Waals surface area (Å²) in [5, 5.41) is 15.3. The Hall–Kier alpha value is -4.00. The zero-order chi connectivity index (χ0) is 20.1. The average Bonchev–Trinajstić information content (AvgIpc) is 2.76. The fraction of sp³-hybridized carbons (Fsp3) is 0.0909. The number of anilines is 1. The van der Waals surface area contributed by atoms with Crippen LogP contribution in [0.4, 0.5) is 11.4 Å². The Morgan fingerprint density at radius 3 is 2.69 bits per heavy atom. The highest BCUT2D eigenvalue weighted by Gasteiger charge is 2.18. The van der Waals surface area contributed by atoms with Crippen molar-refractivity contribution in [3.8, 4) is 5.75 Å². The van der Waals surface area contributed by atoms with Gasteiger partial charge in [0.2, 0.25) is 0 Å². The number of aromatic nitrogens is 2. The molecule has 144 valence electrons. The molecule has 0 amide bonds. The molecular formula is C22H18N4O3. The summed E-state index contributed by atoms with van der Waals surface area (Å²) in [4.78, 5) is 19.7. The topological polar surface area (TPSA) is 90.2 Å². The number of ether oxygens (including phenoxy) is 1. The predicted octanol–water partition coefficient (Wildman–Crippen LogP) is 4.73. The van der Waals surface area contributed by atoms with Crippen LogP contribution in [-0.4, -0.2) is 14.9 Å². The van der Waals surface area contributed by atoms with Gasteiger partial charge in [0.15, 0.2) is 0 Å². The number of benzene rings is 2. The van der Waals surface area contributed by atoms with Crippen molar-refractivity contribution in [3.63, 3.8) is 0 Å². The molecule has 4 aromatic rings. The van der Waals surface area contributed by atoms with Crippen molar-refractivity contribution in [2.75, 3.05) is 5.32 Å². The van der Waals surface area contributed by atoms with Gasteiger partial charge >= 0.3 is 5.69 Å². The fourth-order valence-corrected chi connectivity index (χ4v) is 3.06. The van der Waals surface area contributed by atoms with Crippen LogP contribution in [0.15, 0.2) is 79.1 Å². The van der Waals surface area contributed by atoms with Gasteiger partial charge < -0.3 is 10.1 Å². The Morgan fingerprint density at radius 2 is 1.86 bits per heavy atom. The summed E-state index contributed by atoms with van der Waals surface area (Å²) in [5.41, 5.74) is 2.86. The van der Waals surface area contributed by atoms with Gasteiger partial charge in [-0.3, -0.25) is 20.1 Å². The van der Waals surface area contributed by atoms with Crippen molar-refractivity contribution in [3.05, 3.63) is 100 Å². The van der Waals surface area contributed by atoms with Gasteiger partial charge in [-0.05, 0) is 54.1 Å². The minimum absolute atomic E-state index is 0.0261. The number of nitrogens with zero attached hydrogens (tertiary/aromatic N) is 3. The van der Waals surface area contributed by atoms with Crippen molar-refractivity contribution in [2.45, 2.75) is 13.2 Å². The summed E-state index contributed by atoms with van der Waals surface area (Å²) < 4.78 is 5.80. The van der Waals surface area contributed by atoms with Gasteiger partial charge in [0.1, 0.15) is 18.0 Å². The summed E-state index contributed by atoms with van der Waals surface area (Å²) >= 11 is 0. The van der Waals surface area contributed by atoms with Gasteiger partial charge in [-0.1, -0.05) is 18.2 Å². The summed E-state index contributed by atoms with van der Waals surface area (Å²) in [6.07, 6.45) is 3.35. The second kappa shape index (κ2) is 8.35. The molecule has 0 radical (unpaired) electrons. The standard InChI is InChI=1S/C22H18N4O3/c27-26(28)22-19-8-4-12-24-20(19)9-10-21(22)25-14-16-5-3-7-18(13-16)29-15-17-6-1-2-11-23-17/h1-13,25H,14-15H2. The lowest BCUT2D eigenvalue weighted by Crippen LogP contribution is -2.04. The van der Waals surface area contributed by atoms with Crippen LogP contribution in [-0.2, 0) is 13.2 Å². The number of fused-ring (bicyclic) bond motifs is 1. The van der Waals surface area contributed by atoms with E-state index in [9.17, 15) is 10.1 Å². The molecule has 29 heavy (non-hydrogen) atoms. The van der Waals surface area contributed by atoms with E-state index in [2.05, 4.69) is 15.3 Å². The maximum Gasteiger partial charge on any atom is 0.301 e. The Kier molecular flexibility index (Phi) is 5.29. The molecule has 2 heterocycles. The van der Waals surface area contributed by atoms with Crippen LogP contribution < -0.4 is 10.1 Å². The minimum Gasteiger partial charge on any atom is -0.487 e. The molecule has 0 saturated heterocycles.